The maximum absolute atomic E-state index is 12.0. The molecule has 0 N–H and O–H groups in total. The molecule has 6 heteroatoms. The Bertz CT molecular complexity index is 541. The molecule has 0 unspecified atom stereocenters. The summed E-state index contributed by atoms with van der Waals surface area (Å²) in [5.41, 5.74) is -0.481. The first-order valence-electron chi connectivity index (χ1n) is 7.26. The molecule has 0 saturated carbocycles. The average Bonchev–Trinajstić information content (AvgIpc) is 2.87. The second-order valence-electron chi connectivity index (χ2n) is 6.25. The smallest absolute Gasteiger partial charge is 0.410 e. The fourth-order valence-electron chi connectivity index (χ4n) is 2.24. The van der Waals surface area contributed by atoms with Crippen molar-refractivity contribution in [2.24, 2.45) is 0 Å². The minimum Gasteiger partial charge on any atom is -0.493 e. The third-order valence-electron chi connectivity index (χ3n) is 3.22. The summed E-state index contributed by atoms with van der Waals surface area (Å²) in [6.45, 7) is 6.75. The number of amides is 1. The molecule has 1 aromatic rings. The molecule has 1 aliphatic rings. The quantitative estimate of drug-likeness (QED) is 0.809. The topological polar surface area (TPSA) is 48.0 Å². The van der Waals surface area contributed by atoms with Gasteiger partial charge in [0.05, 0.1) is 13.7 Å². The molecule has 1 amide bonds. The monoisotopic (exact) mass is 371 g/mol. The van der Waals surface area contributed by atoms with Crippen LogP contribution >= 0.6 is 15.9 Å². The van der Waals surface area contributed by atoms with E-state index in [2.05, 4.69) is 15.9 Å². The molecule has 1 atom stereocenters. The van der Waals surface area contributed by atoms with E-state index in [1.165, 1.54) is 0 Å². The first-order chi connectivity index (χ1) is 10.3. The van der Waals surface area contributed by atoms with Crippen LogP contribution in [0.3, 0.4) is 0 Å². The van der Waals surface area contributed by atoms with Crippen LogP contribution in [0.15, 0.2) is 22.7 Å². The Kier molecular flexibility index (Phi) is 5.21. The Labute approximate surface area is 139 Å². The maximum Gasteiger partial charge on any atom is 0.410 e. The standard InChI is InChI=1S/C16H22BrNO4/c1-16(2,3)22-15(19)18-8-7-12(10-18)21-13-6-5-11(17)9-14(13)20-4/h5-6,9,12H,7-8,10H2,1-4H3/t12-/m0/s1. The van der Waals surface area contributed by atoms with Gasteiger partial charge in [-0.2, -0.15) is 0 Å². The van der Waals surface area contributed by atoms with Crippen LogP contribution in [0.1, 0.15) is 27.2 Å². The van der Waals surface area contributed by atoms with Crippen LogP contribution in [0.25, 0.3) is 0 Å². The molecule has 0 spiro atoms. The Hall–Kier alpha value is -1.43. The lowest BCUT2D eigenvalue weighted by molar-refractivity contribution is 0.0275. The lowest BCUT2D eigenvalue weighted by atomic mass is 10.2. The molecular formula is C16H22BrNO4. The van der Waals surface area contributed by atoms with Crippen LogP contribution in [0.2, 0.25) is 0 Å². The van der Waals surface area contributed by atoms with Crippen molar-refractivity contribution >= 4 is 22.0 Å². The number of likely N-dealkylation sites (tertiary alicyclic amines) is 1. The highest BCUT2D eigenvalue weighted by molar-refractivity contribution is 9.10. The van der Waals surface area contributed by atoms with Crippen LogP contribution in [-0.4, -0.2) is 42.9 Å². The van der Waals surface area contributed by atoms with E-state index >= 15 is 0 Å². The highest BCUT2D eigenvalue weighted by Crippen LogP contribution is 2.32. The molecule has 2 rings (SSSR count). The van der Waals surface area contributed by atoms with Gasteiger partial charge in [-0.25, -0.2) is 4.79 Å². The summed E-state index contributed by atoms with van der Waals surface area (Å²) < 4.78 is 17.6. The van der Waals surface area contributed by atoms with Crippen molar-refractivity contribution in [1.82, 2.24) is 4.90 Å². The van der Waals surface area contributed by atoms with E-state index in [4.69, 9.17) is 14.2 Å². The van der Waals surface area contributed by atoms with Crippen LogP contribution in [-0.2, 0) is 4.74 Å². The summed E-state index contributed by atoms with van der Waals surface area (Å²) in [6, 6.07) is 5.62. The Morgan fingerprint density at radius 1 is 1.32 bits per heavy atom. The van der Waals surface area contributed by atoms with Crippen LogP contribution in [0.5, 0.6) is 11.5 Å². The number of nitrogens with zero attached hydrogens (tertiary/aromatic N) is 1. The summed E-state index contributed by atoms with van der Waals surface area (Å²) in [5.74, 6) is 1.35. The van der Waals surface area contributed by atoms with Gasteiger partial charge < -0.3 is 19.1 Å². The number of carbonyl (C=O) groups excluding carboxylic acids is 1. The molecule has 5 nitrogen and oxygen atoms in total. The van der Waals surface area contributed by atoms with Gasteiger partial charge >= 0.3 is 6.09 Å². The predicted molar refractivity (Wildman–Crippen MR) is 87.5 cm³/mol. The molecule has 1 aromatic carbocycles. The lowest BCUT2D eigenvalue weighted by Gasteiger charge is -2.24. The number of benzene rings is 1. The van der Waals surface area contributed by atoms with E-state index in [-0.39, 0.29) is 12.2 Å². The molecule has 0 bridgehead atoms. The zero-order valence-corrected chi connectivity index (χ0v) is 15.0. The molecule has 1 fully saturated rings. The number of methoxy groups -OCH3 is 1. The summed E-state index contributed by atoms with van der Waals surface area (Å²) in [4.78, 5) is 13.7. The summed E-state index contributed by atoms with van der Waals surface area (Å²) >= 11 is 3.40. The summed E-state index contributed by atoms with van der Waals surface area (Å²) in [7, 11) is 1.61. The lowest BCUT2D eigenvalue weighted by Crippen LogP contribution is -2.36. The number of hydrogen-bond donors (Lipinski definition) is 0. The van der Waals surface area contributed by atoms with E-state index in [9.17, 15) is 4.79 Å². The second-order valence-corrected chi connectivity index (χ2v) is 7.17. The van der Waals surface area contributed by atoms with Gasteiger partial charge in [0, 0.05) is 17.4 Å². The van der Waals surface area contributed by atoms with Crippen molar-refractivity contribution in [2.75, 3.05) is 20.2 Å². The summed E-state index contributed by atoms with van der Waals surface area (Å²) in [5, 5.41) is 0. The van der Waals surface area contributed by atoms with Crippen molar-refractivity contribution in [1.29, 1.82) is 0 Å². The van der Waals surface area contributed by atoms with E-state index < -0.39 is 5.60 Å². The highest BCUT2D eigenvalue weighted by Gasteiger charge is 2.31. The van der Waals surface area contributed by atoms with Gasteiger partial charge in [-0.05, 0) is 39.0 Å². The fraction of sp³-hybridized carbons (Fsp3) is 0.562. The Morgan fingerprint density at radius 3 is 2.68 bits per heavy atom. The number of ether oxygens (including phenoxy) is 3. The van der Waals surface area contributed by atoms with Gasteiger partial charge in [-0.15, -0.1) is 0 Å². The van der Waals surface area contributed by atoms with Crippen molar-refractivity contribution in [2.45, 2.75) is 38.9 Å². The van der Waals surface area contributed by atoms with E-state index in [1.54, 1.807) is 12.0 Å². The number of carbonyl (C=O) groups is 1. The molecule has 22 heavy (non-hydrogen) atoms. The maximum atomic E-state index is 12.0. The molecule has 0 radical (unpaired) electrons. The van der Waals surface area contributed by atoms with Gasteiger partial charge in [-0.1, -0.05) is 15.9 Å². The minimum atomic E-state index is -0.481. The molecule has 122 valence electrons. The van der Waals surface area contributed by atoms with Gasteiger partial charge in [0.2, 0.25) is 0 Å². The predicted octanol–water partition coefficient (Wildman–Crippen LogP) is 3.85. The zero-order valence-electron chi connectivity index (χ0n) is 13.4. The SMILES string of the molecule is COc1cc(Br)ccc1O[C@H]1CCN(C(=O)OC(C)(C)C)C1. The number of hydrogen-bond acceptors (Lipinski definition) is 4. The van der Waals surface area contributed by atoms with Crippen molar-refractivity contribution in [3.63, 3.8) is 0 Å². The molecule has 0 aromatic heterocycles. The summed E-state index contributed by atoms with van der Waals surface area (Å²) in [6.07, 6.45) is 0.433. The second kappa shape index (κ2) is 6.77. The first-order valence-corrected chi connectivity index (χ1v) is 8.06. The highest BCUT2D eigenvalue weighted by atomic mass is 79.9. The van der Waals surface area contributed by atoms with E-state index in [0.29, 0.717) is 24.6 Å². The Morgan fingerprint density at radius 2 is 2.05 bits per heavy atom. The van der Waals surface area contributed by atoms with E-state index in [1.807, 2.05) is 39.0 Å². The van der Waals surface area contributed by atoms with Gasteiger partial charge in [0.1, 0.15) is 11.7 Å². The van der Waals surface area contributed by atoms with Gasteiger partial charge in [0.15, 0.2) is 11.5 Å². The Balaban J connectivity index is 1.95. The van der Waals surface area contributed by atoms with Gasteiger partial charge in [-0.3, -0.25) is 0 Å². The van der Waals surface area contributed by atoms with Crippen molar-refractivity contribution in [3.8, 4) is 11.5 Å². The molecule has 1 heterocycles. The minimum absolute atomic E-state index is 0.0532. The molecule has 1 saturated heterocycles. The normalized spacial score (nSPS) is 18.2. The van der Waals surface area contributed by atoms with E-state index in [0.717, 1.165) is 10.9 Å². The fourth-order valence-corrected chi connectivity index (χ4v) is 2.58. The van der Waals surface area contributed by atoms with Crippen LogP contribution in [0, 0.1) is 0 Å². The third kappa shape index (κ3) is 4.53. The van der Waals surface area contributed by atoms with Crippen molar-refractivity contribution in [3.05, 3.63) is 22.7 Å². The molecule has 0 aliphatic carbocycles. The molecule has 1 aliphatic heterocycles. The van der Waals surface area contributed by atoms with Crippen LogP contribution in [0.4, 0.5) is 4.79 Å². The average molecular weight is 372 g/mol. The first kappa shape index (κ1) is 16.9. The number of rotatable bonds is 3. The zero-order chi connectivity index (χ0) is 16.3. The third-order valence-corrected chi connectivity index (χ3v) is 3.71. The van der Waals surface area contributed by atoms with Crippen LogP contribution < -0.4 is 9.47 Å². The van der Waals surface area contributed by atoms with Crippen molar-refractivity contribution < 1.29 is 19.0 Å². The van der Waals surface area contributed by atoms with Gasteiger partial charge in [0.25, 0.3) is 0 Å². The molecular weight excluding hydrogens is 350 g/mol. The number of halogens is 1. The largest absolute Gasteiger partial charge is 0.493 e.